The smallest absolute Gasteiger partial charge is 0.172 e. The van der Waals surface area contributed by atoms with Crippen LogP contribution >= 0.6 is 0 Å². The molecule has 3 aliphatic carbocycles. The van der Waals surface area contributed by atoms with Gasteiger partial charge in [-0.1, -0.05) is 0 Å². The van der Waals surface area contributed by atoms with Crippen LogP contribution in [0.15, 0.2) is 11.3 Å². The molecule has 0 spiro atoms. The van der Waals surface area contributed by atoms with Crippen molar-refractivity contribution in [1.82, 2.24) is 0 Å². The van der Waals surface area contributed by atoms with Crippen LogP contribution < -0.4 is 0 Å². The summed E-state index contributed by atoms with van der Waals surface area (Å²) in [5.41, 5.74) is 0.163. The molecular formula is C12H14O3. The first-order chi connectivity index (χ1) is 7.18. The van der Waals surface area contributed by atoms with E-state index in [0.717, 1.165) is 32.1 Å². The highest BCUT2D eigenvalue weighted by Crippen LogP contribution is 2.44. The Morgan fingerprint density at radius 3 is 2.47 bits per heavy atom. The van der Waals surface area contributed by atoms with E-state index in [9.17, 15) is 14.7 Å². The molecule has 0 amide bonds. The Morgan fingerprint density at radius 1 is 1.13 bits per heavy atom. The van der Waals surface area contributed by atoms with Crippen molar-refractivity contribution in [2.75, 3.05) is 0 Å². The van der Waals surface area contributed by atoms with Crippen molar-refractivity contribution in [2.45, 2.75) is 32.1 Å². The zero-order chi connectivity index (χ0) is 10.6. The highest BCUT2D eigenvalue weighted by atomic mass is 16.3. The fourth-order valence-corrected chi connectivity index (χ4v) is 2.80. The molecule has 0 radical (unpaired) electrons. The second kappa shape index (κ2) is 2.94. The molecule has 0 aromatic heterocycles. The third-order valence-electron chi connectivity index (χ3n) is 3.89. The normalized spacial score (nSPS) is 34.8. The van der Waals surface area contributed by atoms with Gasteiger partial charge in [0.25, 0.3) is 0 Å². The number of fused-ring (bicyclic) bond motifs is 2. The van der Waals surface area contributed by atoms with Crippen LogP contribution in [0.4, 0.5) is 0 Å². The summed E-state index contributed by atoms with van der Waals surface area (Å²) in [5, 5.41) is 9.91. The van der Waals surface area contributed by atoms with Crippen molar-refractivity contribution in [1.29, 1.82) is 0 Å². The van der Waals surface area contributed by atoms with E-state index in [1.165, 1.54) is 0 Å². The maximum Gasteiger partial charge on any atom is 0.172 e. The minimum atomic E-state index is -0.0888. The van der Waals surface area contributed by atoms with Crippen molar-refractivity contribution < 1.29 is 14.7 Å². The number of hydrogen-bond donors (Lipinski definition) is 1. The molecule has 3 heteroatoms. The molecular weight excluding hydrogens is 192 g/mol. The van der Waals surface area contributed by atoms with E-state index in [1.807, 2.05) is 0 Å². The largest absolute Gasteiger partial charge is 0.511 e. The molecule has 15 heavy (non-hydrogen) atoms. The quantitative estimate of drug-likeness (QED) is 0.700. The van der Waals surface area contributed by atoms with Gasteiger partial charge >= 0.3 is 0 Å². The minimum absolute atomic E-state index is 0.0172. The first kappa shape index (κ1) is 9.13. The number of Topliss-reactive ketones (excluding diaryl/α,β-unsaturated/α-hetero) is 2. The maximum absolute atomic E-state index is 11.9. The van der Waals surface area contributed by atoms with Crippen molar-refractivity contribution in [2.24, 2.45) is 17.8 Å². The van der Waals surface area contributed by atoms with Crippen LogP contribution in [0.5, 0.6) is 0 Å². The highest BCUT2D eigenvalue weighted by molar-refractivity contribution is 6.23. The molecule has 0 aromatic carbocycles. The van der Waals surface area contributed by atoms with E-state index < -0.39 is 0 Å². The molecule has 2 atom stereocenters. The Balaban J connectivity index is 2.00. The standard InChI is InChI=1S/C12H14O3/c13-10(6-1-2-6)9-11(14)7-3-4-8(5-7)12(9)15/h6-8,14H,1-5H2. The molecule has 0 aliphatic heterocycles. The van der Waals surface area contributed by atoms with Crippen LogP contribution in [0.2, 0.25) is 0 Å². The van der Waals surface area contributed by atoms with Crippen LogP contribution in [0.3, 0.4) is 0 Å². The zero-order valence-electron chi connectivity index (χ0n) is 8.53. The molecule has 2 bridgehead atoms. The van der Waals surface area contributed by atoms with Gasteiger partial charge in [0.1, 0.15) is 5.76 Å². The van der Waals surface area contributed by atoms with Crippen LogP contribution in [-0.4, -0.2) is 16.7 Å². The van der Waals surface area contributed by atoms with Gasteiger partial charge in [-0.3, -0.25) is 9.59 Å². The highest BCUT2D eigenvalue weighted by Gasteiger charge is 2.46. The van der Waals surface area contributed by atoms with E-state index in [0.29, 0.717) is 0 Å². The van der Waals surface area contributed by atoms with E-state index in [1.54, 1.807) is 0 Å². The van der Waals surface area contributed by atoms with Gasteiger partial charge in [-0.15, -0.1) is 0 Å². The van der Waals surface area contributed by atoms with E-state index >= 15 is 0 Å². The van der Waals surface area contributed by atoms with Crippen molar-refractivity contribution in [3.8, 4) is 0 Å². The SMILES string of the molecule is O=C(C1=C(O)C2CCC(C2)C1=O)C1CC1. The van der Waals surface area contributed by atoms with Crippen molar-refractivity contribution in [3.05, 3.63) is 11.3 Å². The number of carbonyl (C=O) groups is 2. The van der Waals surface area contributed by atoms with E-state index in [4.69, 9.17) is 0 Å². The molecule has 3 rings (SSSR count). The molecule has 1 N–H and O–H groups in total. The molecule has 2 fully saturated rings. The summed E-state index contributed by atoms with van der Waals surface area (Å²) >= 11 is 0. The lowest BCUT2D eigenvalue weighted by molar-refractivity contribution is -0.125. The summed E-state index contributed by atoms with van der Waals surface area (Å²) in [6.07, 6.45) is 4.24. The zero-order valence-corrected chi connectivity index (χ0v) is 8.53. The second-order valence-corrected chi connectivity index (χ2v) is 4.97. The molecule has 0 aromatic rings. The first-order valence-corrected chi connectivity index (χ1v) is 5.70. The summed E-state index contributed by atoms with van der Waals surface area (Å²) < 4.78 is 0. The van der Waals surface area contributed by atoms with Crippen molar-refractivity contribution in [3.63, 3.8) is 0 Å². The average molecular weight is 206 g/mol. The first-order valence-electron chi connectivity index (χ1n) is 5.70. The van der Waals surface area contributed by atoms with Crippen molar-refractivity contribution >= 4 is 11.6 Å². The lowest BCUT2D eigenvalue weighted by Crippen LogP contribution is -2.27. The van der Waals surface area contributed by atoms with Crippen LogP contribution in [0.1, 0.15) is 32.1 Å². The van der Waals surface area contributed by atoms with Gasteiger partial charge in [0, 0.05) is 17.8 Å². The number of rotatable bonds is 2. The number of carbonyl (C=O) groups excluding carboxylic acids is 2. The fraction of sp³-hybridized carbons (Fsp3) is 0.667. The van der Waals surface area contributed by atoms with Gasteiger partial charge in [0.2, 0.25) is 0 Å². The summed E-state index contributed by atoms with van der Waals surface area (Å²) in [5.74, 6) is 0.0653. The number of ketones is 2. The van der Waals surface area contributed by atoms with Crippen LogP contribution in [-0.2, 0) is 9.59 Å². The summed E-state index contributed by atoms with van der Waals surface area (Å²) in [6.45, 7) is 0. The molecule has 3 aliphatic rings. The molecule has 2 saturated carbocycles. The van der Waals surface area contributed by atoms with E-state index in [-0.39, 0.29) is 40.7 Å². The van der Waals surface area contributed by atoms with Gasteiger partial charge in [-0.2, -0.15) is 0 Å². The molecule has 2 unspecified atom stereocenters. The Bertz CT molecular complexity index is 376. The van der Waals surface area contributed by atoms with Gasteiger partial charge < -0.3 is 5.11 Å². The van der Waals surface area contributed by atoms with Crippen LogP contribution in [0.25, 0.3) is 0 Å². The topological polar surface area (TPSA) is 54.4 Å². The Hall–Kier alpha value is -1.12. The molecule has 3 nitrogen and oxygen atoms in total. The molecule has 0 saturated heterocycles. The van der Waals surface area contributed by atoms with Gasteiger partial charge in [0.05, 0.1) is 5.57 Å². The predicted octanol–water partition coefficient (Wildman–Crippen LogP) is 1.78. The Morgan fingerprint density at radius 2 is 1.80 bits per heavy atom. The predicted molar refractivity (Wildman–Crippen MR) is 53.2 cm³/mol. The van der Waals surface area contributed by atoms with Gasteiger partial charge in [-0.25, -0.2) is 0 Å². The summed E-state index contributed by atoms with van der Waals surface area (Å²) in [7, 11) is 0. The summed E-state index contributed by atoms with van der Waals surface area (Å²) in [4.78, 5) is 23.8. The number of allylic oxidation sites excluding steroid dienone is 2. The third-order valence-corrected chi connectivity index (χ3v) is 3.89. The molecule has 80 valence electrons. The third kappa shape index (κ3) is 1.25. The lowest BCUT2D eigenvalue weighted by Gasteiger charge is -2.20. The Labute approximate surface area is 88.2 Å². The summed E-state index contributed by atoms with van der Waals surface area (Å²) in [6, 6.07) is 0. The van der Waals surface area contributed by atoms with Crippen LogP contribution in [0, 0.1) is 17.8 Å². The number of aliphatic hydroxyl groups excluding tert-OH is 1. The Kier molecular flexibility index (Phi) is 1.79. The maximum atomic E-state index is 11.9. The number of hydrogen-bond acceptors (Lipinski definition) is 3. The van der Waals surface area contributed by atoms with Gasteiger partial charge in [0.15, 0.2) is 11.6 Å². The molecule has 0 heterocycles. The average Bonchev–Trinajstić information content (AvgIpc) is 2.95. The lowest BCUT2D eigenvalue weighted by atomic mass is 9.84. The van der Waals surface area contributed by atoms with Gasteiger partial charge in [-0.05, 0) is 32.1 Å². The fourth-order valence-electron chi connectivity index (χ4n) is 2.80. The minimum Gasteiger partial charge on any atom is -0.511 e. The van der Waals surface area contributed by atoms with E-state index in [2.05, 4.69) is 0 Å². The number of aliphatic hydroxyl groups is 1. The monoisotopic (exact) mass is 206 g/mol. The second-order valence-electron chi connectivity index (χ2n) is 4.97.